The molecule has 2 spiro atoms. The van der Waals surface area contributed by atoms with Gasteiger partial charge in [0.25, 0.3) is 5.97 Å². The molecule has 31 atom stereocenters. The van der Waals surface area contributed by atoms with E-state index in [1.165, 1.54) is 48.2 Å². The third-order valence-corrected chi connectivity index (χ3v) is 18.8. The van der Waals surface area contributed by atoms with Crippen LogP contribution in [0.3, 0.4) is 0 Å². The second-order valence-electron chi connectivity index (χ2n) is 25.1. The number of esters is 2. The third-order valence-electron chi connectivity index (χ3n) is 18.8. The van der Waals surface area contributed by atoms with Gasteiger partial charge in [0.1, 0.15) is 103 Å². The highest BCUT2D eigenvalue weighted by Crippen LogP contribution is 2.53. The number of benzene rings is 1. The van der Waals surface area contributed by atoms with Crippen LogP contribution in [0.4, 0.5) is 0 Å². The van der Waals surface area contributed by atoms with E-state index >= 15 is 0 Å². The highest BCUT2D eigenvalue weighted by molar-refractivity contribution is 5.94. The molecule has 1 aromatic rings. The summed E-state index contributed by atoms with van der Waals surface area (Å²) < 4.78 is 136. The first kappa shape index (κ1) is 68.8. The summed E-state index contributed by atoms with van der Waals surface area (Å²) in [6, 6.07) is 2.29. The minimum Gasteiger partial charge on any atom is -0.508 e. The van der Waals surface area contributed by atoms with Crippen molar-refractivity contribution in [2.75, 3.05) is 41.3 Å². The summed E-state index contributed by atoms with van der Waals surface area (Å²) in [5.41, 5.74) is -3.22. The number of aromatic hydroxyl groups is 2. The average molecular weight is 1310 g/mol. The highest BCUT2D eigenvalue weighted by Gasteiger charge is 2.73. The van der Waals surface area contributed by atoms with E-state index in [0.29, 0.717) is 0 Å². The van der Waals surface area contributed by atoms with Crippen LogP contribution in [0.1, 0.15) is 97.0 Å². The van der Waals surface area contributed by atoms with E-state index in [1.807, 2.05) is 0 Å². The van der Waals surface area contributed by atoms with Gasteiger partial charge in [-0.2, -0.15) is 0 Å². The molecule has 32 heteroatoms. The smallest absolute Gasteiger partial charge is 0.342 e. The zero-order chi connectivity index (χ0) is 65.6. The Morgan fingerprint density at radius 1 is 0.648 bits per heavy atom. The second kappa shape index (κ2) is 26.8. The summed E-state index contributed by atoms with van der Waals surface area (Å²) >= 11 is 0. The van der Waals surface area contributed by atoms with Gasteiger partial charge in [-0.3, -0.25) is 9.59 Å². The topological polar surface area (TPSA) is 396 Å². The Morgan fingerprint density at radius 2 is 1.35 bits per heavy atom. The van der Waals surface area contributed by atoms with Crippen LogP contribution in [0, 0.1) is 6.92 Å². The highest BCUT2D eigenvalue weighted by atomic mass is 16.9. The van der Waals surface area contributed by atoms with E-state index in [1.54, 1.807) is 41.5 Å². The Kier molecular flexibility index (Phi) is 20.3. The van der Waals surface area contributed by atoms with Gasteiger partial charge in [0.15, 0.2) is 54.9 Å². The van der Waals surface area contributed by atoms with Crippen LogP contribution in [0.5, 0.6) is 11.5 Å². The Morgan fingerprint density at radius 3 is 2.02 bits per heavy atom. The number of aliphatic hydroxyl groups excluding tert-OH is 4. The van der Waals surface area contributed by atoms with Gasteiger partial charge in [-0.1, -0.05) is 6.92 Å². The standard InChI is InChI=1S/C59H86O32/c1-13-35(65)80-48-45-34(88-59(89-45)51-50(74-21-75-51)58(69,27(7)60)28(8)87-59)20-73-54(48)85-55-47(72-12)39(66)44(33(79-55)19-70-10)84-53-40(67)46(43(71-11)24(4)78-53)82-37-18-56(9)49(26(6)77-37)90-57(91-56)17-32(64)42(25(5)86-57)81-36-16-31(63)41(23(3)76-36)83-52(68)38-22(2)14-29(61)15-30(38)62/h14-15,23-26,28,31-34,36-37,39-51,53-55,61-64,66-67,69H,13,16-21H2,1-12H3/t23-,24-,25-,26-,28-,31-,32-,33-,34+,36+,37+,39+,40-,41-,42-,43+,44-,45-,46-,47+,48-,49-,50-,51-,53+,54-,55+,56-,57?,58+,59-/m1/s1. The third kappa shape index (κ3) is 12.8. The van der Waals surface area contributed by atoms with Gasteiger partial charge < -0.3 is 140 Å². The van der Waals surface area contributed by atoms with Crippen LogP contribution in [-0.2, 0) is 114 Å². The van der Waals surface area contributed by atoms with Crippen molar-refractivity contribution in [1.29, 1.82) is 0 Å². The van der Waals surface area contributed by atoms with E-state index in [4.69, 9.17) is 104 Å². The normalized spacial score (nSPS) is 48.8. The number of phenols is 2. The van der Waals surface area contributed by atoms with Crippen LogP contribution in [0.25, 0.3) is 0 Å². The minimum absolute atomic E-state index is 0.0107. The second-order valence-corrected chi connectivity index (χ2v) is 25.1. The molecule has 0 bridgehead atoms. The number of methoxy groups -OCH3 is 3. The van der Waals surface area contributed by atoms with Crippen molar-refractivity contribution in [3.05, 3.63) is 23.3 Å². The molecule has 0 aliphatic carbocycles. The SMILES string of the molecule is CCC(=O)O[C@H]1[C@@H](O[C@@H]2O[C@H](COC)[C@@H](O[C@@H]3O[C@H](C)[C@H](OC)[C@H](O[C@H]4C[C@@]5(C)OC6(C[C@@H](O)[C@H](O[C@H]7C[C@@H](O)[C@H](OC(=O)c8c(C)cc(O)cc8O)[C@@H](C)O7)[C@@H](C)O6)O[C@@H]5[C@@H](C)O4)[C@H]3O)[C@H](O)[C@@H]2OC)OC[C@@H]2O[C@]3(O[C@@H]12)O[C@H](C)[C@@](O)(C(C)=O)[C@@H]1OCO[C@H]13. The predicted octanol–water partition coefficient (Wildman–Crippen LogP) is -0.804. The maximum Gasteiger partial charge on any atom is 0.342 e. The van der Waals surface area contributed by atoms with Crippen molar-refractivity contribution < 1.29 is 154 Å². The zero-order valence-corrected chi connectivity index (χ0v) is 52.5. The first-order valence-corrected chi connectivity index (χ1v) is 30.7. The number of hydrogen-bond acceptors (Lipinski definition) is 32. The van der Waals surface area contributed by atoms with E-state index in [-0.39, 0.29) is 62.6 Å². The minimum atomic E-state index is -2.12. The van der Waals surface area contributed by atoms with Gasteiger partial charge in [0.2, 0.25) is 6.29 Å². The molecule has 10 aliphatic heterocycles. The predicted molar refractivity (Wildman–Crippen MR) is 293 cm³/mol. The lowest BCUT2D eigenvalue weighted by atomic mass is 9.81. The maximum absolute atomic E-state index is 13.1. The van der Waals surface area contributed by atoms with Gasteiger partial charge in [-0.15, -0.1) is 0 Å². The van der Waals surface area contributed by atoms with Crippen LogP contribution < -0.4 is 0 Å². The summed E-state index contributed by atoms with van der Waals surface area (Å²) in [5.74, 6) is -6.82. The van der Waals surface area contributed by atoms with Crippen LogP contribution in [0.15, 0.2) is 12.1 Å². The number of carbonyl (C=O) groups excluding carboxylic acids is 3. The fraction of sp³-hybridized carbons (Fsp3) is 0.847. The van der Waals surface area contributed by atoms with Gasteiger partial charge >= 0.3 is 17.9 Å². The molecule has 10 fully saturated rings. The molecule has 1 unspecified atom stereocenters. The summed E-state index contributed by atoms with van der Waals surface area (Å²) in [4.78, 5) is 39.0. The Balaban J connectivity index is 0.721. The van der Waals surface area contributed by atoms with Gasteiger partial charge in [0.05, 0.1) is 62.4 Å². The lowest BCUT2D eigenvalue weighted by Gasteiger charge is -2.49. The first-order chi connectivity index (χ1) is 43.1. The largest absolute Gasteiger partial charge is 0.508 e. The Hall–Kier alpha value is -3.57. The molecule has 10 aliphatic rings. The number of aryl methyl sites for hydroxylation is 1. The number of fused-ring (bicyclic) bond motifs is 4. The van der Waals surface area contributed by atoms with Crippen LogP contribution in [-0.4, -0.2) is 284 Å². The number of Topliss-reactive ketones (excluding diaryl/α,β-unsaturated/α-hetero) is 1. The molecule has 10 heterocycles. The number of rotatable bonds is 17. The molecule has 11 rings (SSSR count). The Bertz CT molecular complexity index is 2690. The lowest BCUT2D eigenvalue weighted by molar-refractivity contribution is -0.428. The average Bonchev–Trinajstić information content (AvgIpc) is 1.59. The monoisotopic (exact) mass is 1310 g/mol. The molecule has 0 amide bonds. The van der Waals surface area contributed by atoms with Gasteiger partial charge in [-0.25, -0.2) is 4.79 Å². The molecule has 91 heavy (non-hydrogen) atoms. The fourth-order valence-electron chi connectivity index (χ4n) is 14.3. The molecule has 0 saturated carbocycles. The molecule has 1 aromatic carbocycles. The van der Waals surface area contributed by atoms with E-state index in [2.05, 4.69) is 0 Å². The van der Waals surface area contributed by atoms with Gasteiger partial charge in [0, 0.05) is 46.7 Å². The van der Waals surface area contributed by atoms with E-state index in [0.717, 1.165) is 6.07 Å². The number of ether oxygens (including phenoxy) is 22. The molecule has 7 N–H and O–H groups in total. The van der Waals surface area contributed by atoms with Crippen LogP contribution in [0.2, 0.25) is 0 Å². The van der Waals surface area contributed by atoms with Crippen molar-refractivity contribution in [3.8, 4) is 11.5 Å². The van der Waals surface area contributed by atoms with E-state index < -0.39 is 212 Å². The summed E-state index contributed by atoms with van der Waals surface area (Å²) in [7, 11) is 4.10. The molecule has 32 nitrogen and oxygen atoms in total. The fourth-order valence-corrected chi connectivity index (χ4v) is 14.3. The molecular formula is C59H86O32. The first-order valence-electron chi connectivity index (χ1n) is 30.7. The van der Waals surface area contributed by atoms with Crippen molar-refractivity contribution in [1.82, 2.24) is 0 Å². The van der Waals surface area contributed by atoms with Gasteiger partial charge in [-0.05, 0) is 67.0 Å². The number of phenolic OH excluding ortho intramolecular Hbond substituents is 2. The molecule has 0 aromatic heterocycles. The number of aliphatic hydroxyl groups is 5. The summed E-state index contributed by atoms with van der Waals surface area (Å²) in [6.45, 7) is 13.4. The van der Waals surface area contributed by atoms with E-state index in [9.17, 15) is 50.1 Å². The quantitative estimate of drug-likeness (QED) is 0.0939. The molecular weight excluding hydrogens is 1220 g/mol. The van der Waals surface area contributed by atoms with Crippen molar-refractivity contribution in [2.45, 2.75) is 277 Å². The molecule has 10 saturated heterocycles. The molecule has 0 radical (unpaired) electrons. The van der Waals surface area contributed by atoms with Crippen molar-refractivity contribution in [2.24, 2.45) is 0 Å². The molecule has 514 valence electrons. The zero-order valence-electron chi connectivity index (χ0n) is 52.5. The van der Waals surface area contributed by atoms with Crippen molar-refractivity contribution >= 4 is 17.7 Å². The number of ketones is 1. The lowest BCUT2D eigenvalue weighted by Crippen LogP contribution is -2.72. The summed E-state index contributed by atoms with van der Waals surface area (Å²) in [6.07, 6.45) is -32.5. The number of hydrogen-bond donors (Lipinski definition) is 7. The maximum atomic E-state index is 13.1. The van der Waals surface area contributed by atoms with Crippen LogP contribution >= 0.6 is 0 Å². The Labute approximate surface area is 523 Å². The summed E-state index contributed by atoms with van der Waals surface area (Å²) in [5, 5.41) is 79.0. The van der Waals surface area contributed by atoms with Crippen molar-refractivity contribution in [3.63, 3.8) is 0 Å². The number of carbonyl (C=O) groups is 3.